The third kappa shape index (κ3) is 3.38. The average molecular weight is 364 g/mol. The van der Waals surface area contributed by atoms with Gasteiger partial charge < -0.3 is 4.90 Å². The van der Waals surface area contributed by atoms with Crippen molar-refractivity contribution in [2.75, 3.05) is 18.0 Å². The summed E-state index contributed by atoms with van der Waals surface area (Å²) in [6.07, 6.45) is 5.49. The highest BCUT2D eigenvalue weighted by Crippen LogP contribution is 2.36. The van der Waals surface area contributed by atoms with Crippen molar-refractivity contribution >= 4 is 29.0 Å². The fourth-order valence-corrected chi connectivity index (χ4v) is 3.59. The summed E-state index contributed by atoms with van der Waals surface area (Å²) < 4.78 is 0. The smallest absolute Gasteiger partial charge is 0.147 e. The van der Waals surface area contributed by atoms with Gasteiger partial charge in [-0.25, -0.2) is 4.98 Å². The zero-order chi connectivity index (χ0) is 17.3. The van der Waals surface area contributed by atoms with Crippen LogP contribution in [0.1, 0.15) is 38.8 Å². The minimum absolute atomic E-state index is 0.466. The normalized spacial score (nSPS) is 17.1. The van der Waals surface area contributed by atoms with Crippen LogP contribution in [0.2, 0.25) is 10.0 Å². The highest BCUT2D eigenvalue weighted by Gasteiger charge is 2.29. The summed E-state index contributed by atoms with van der Waals surface area (Å²) in [7, 11) is 0. The van der Waals surface area contributed by atoms with E-state index in [2.05, 4.69) is 23.7 Å². The lowest BCUT2D eigenvalue weighted by Gasteiger charge is -2.39. The molecule has 1 aliphatic rings. The molecule has 1 fully saturated rings. The maximum atomic E-state index is 6.33. The fraction of sp³-hybridized carbons (Fsp3) is 0.474. The topological polar surface area (TPSA) is 29.0 Å². The first kappa shape index (κ1) is 17.5. The van der Waals surface area contributed by atoms with E-state index in [9.17, 15) is 0 Å². The molecule has 0 atom stereocenters. The second kappa shape index (κ2) is 6.89. The SMILES string of the molecule is CCC1(C)CCN(c2cnc(-c3cccc(Cl)c3Cl)c(C)n2)CC1. The Labute approximate surface area is 154 Å². The Morgan fingerprint density at radius 2 is 1.92 bits per heavy atom. The third-order valence-corrected chi connectivity index (χ3v) is 6.11. The first-order valence-corrected chi connectivity index (χ1v) is 9.22. The van der Waals surface area contributed by atoms with E-state index in [0.717, 1.165) is 35.9 Å². The lowest BCUT2D eigenvalue weighted by atomic mass is 9.78. The van der Waals surface area contributed by atoms with Crippen LogP contribution in [-0.2, 0) is 0 Å². The monoisotopic (exact) mass is 363 g/mol. The van der Waals surface area contributed by atoms with Gasteiger partial charge >= 0.3 is 0 Å². The van der Waals surface area contributed by atoms with Gasteiger partial charge in [0, 0.05) is 18.7 Å². The van der Waals surface area contributed by atoms with Crippen molar-refractivity contribution in [1.82, 2.24) is 9.97 Å². The molecule has 0 spiro atoms. The summed E-state index contributed by atoms with van der Waals surface area (Å²) in [6, 6.07) is 5.59. The van der Waals surface area contributed by atoms with Crippen LogP contribution in [0.5, 0.6) is 0 Å². The summed E-state index contributed by atoms with van der Waals surface area (Å²) in [5.41, 5.74) is 2.97. The Hall–Kier alpha value is -1.32. The molecule has 24 heavy (non-hydrogen) atoms. The van der Waals surface area contributed by atoms with Crippen LogP contribution in [-0.4, -0.2) is 23.1 Å². The Morgan fingerprint density at radius 3 is 2.54 bits per heavy atom. The number of anilines is 1. The number of benzene rings is 1. The minimum atomic E-state index is 0.466. The van der Waals surface area contributed by atoms with Gasteiger partial charge in [0.2, 0.25) is 0 Å². The maximum Gasteiger partial charge on any atom is 0.147 e. The molecule has 0 N–H and O–H groups in total. The van der Waals surface area contributed by atoms with E-state index in [1.165, 1.54) is 19.3 Å². The van der Waals surface area contributed by atoms with Crippen LogP contribution < -0.4 is 4.90 Å². The first-order chi connectivity index (χ1) is 11.4. The molecule has 1 aromatic carbocycles. The summed E-state index contributed by atoms with van der Waals surface area (Å²) in [4.78, 5) is 11.7. The van der Waals surface area contributed by atoms with Crippen molar-refractivity contribution in [2.24, 2.45) is 5.41 Å². The third-order valence-electron chi connectivity index (χ3n) is 5.29. The van der Waals surface area contributed by atoms with Crippen molar-refractivity contribution in [3.05, 3.63) is 40.1 Å². The zero-order valence-electron chi connectivity index (χ0n) is 14.4. The summed E-state index contributed by atoms with van der Waals surface area (Å²) in [5.74, 6) is 0.951. The van der Waals surface area contributed by atoms with Gasteiger partial charge in [0.15, 0.2) is 0 Å². The van der Waals surface area contributed by atoms with Crippen LogP contribution in [0, 0.1) is 12.3 Å². The van der Waals surface area contributed by atoms with Gasteiger partial charge in [0.1, 0.15) is 5.82 Å². The predicted octanol–water partition coefficient (Wildman–Crippen LogP) is 5.78. The molecule has 2 aromatic rings. The van der Waals surface area contributed by atoms with E-state index < -0.39 is 0 Å². The number of halogens is 2. The van der Waals surface area contributed by atoms with Gasteiger partial charge in [-0.15, -0.1) is 0 Å². The molecular weight excluding hydrogens is 341 g/mol. The van der Waals surface area contributed by atoms with Crippen LogP contribution in [0.4, 0.5) is 5.82 Å². The second-order valence-electron chi connectivity index (χ2n) is 6.91. The minimum Gasteiger partial charge on any atom is -0.355 e. The van der Waals surface area contributed by atoms with E-state index in [-0.39, 0.29) is 0 Å². The number of aryl methyl sites for hydroxylation is 1. The number of aromatic nitrogens is 2. The summed E-state index contributed by atoms with van der Waals surface area (Å²) in [5, 5.41) is 1.07. The maximum absolute atomic E-state index is 6.33. The molecule has 1 saturated heterocycles. The fourth-order valence-electron chi connectivity index (χ4n) is 3.20. The summed E-state index contributed by atoms with van der Waals surface area (Å²) in [6.45, 7) is 8.71. The first-order valence-electron chi connectivity index (χ1n) is 8.46. The van der Waals surface area contributed by atoms with Crippen molar-refractivity contribution < 1.29 is 0 Å². The predicted molar refractivity (Wildman–Crippen MR) is 102 cm³/mol. The molecule has 1 aliphatic heterocycles. The molecule has 0 aliphatic carbocycles. The van der Waals surface area contributed by atoms with E-state index in [1.54, 1.807) is 6.07 Å². The van der Waals surface area contributed by atoms with Crippen LogP contribution >= 0.6 is 23.2 Å². The zero-order valence-corrected chi connectivity index (χ0v) is 16.0. The Morgan fingerprint density at radius 1 is 1.21 bits per heavy atom. The highest BCUT2D eigenvalue weighted by molar-refractivity contribution is 6.43. The molecule has 3 nitrogen and oxygen atoms in total. The molecule has 0 amide bonds. The molecule has 3 rings (SSSR count). The standard InChI is InChI=1S/C19H23Cl2N3/c1-4-19(3)8-10-24(11-9-19)16-12-22-18(13(2)23-16)14-6-5-7-15(20)17(14)21/h5-7,12H,4,8-11H2,1-3H3. The molecule has 0 bridgehead atoms. The van der Waals surface area contributed by atoms with Crippen LogP contribution in [0.3, 0.4) is 0 Å². The lowest BCUT2D eigenvalue weighted by molar-refractivity contribution is 0.237. The number of hydrogen-bond acceptors (Lipinski definition) is 3. The molecule has 0 radical (unpaired) electrons. The van der Waals surface area contributed by atoms with Crippen molar-refractivity contribution in [3.8, 4) is 11.3 Å². The average Bonchev–Trinajstić information content (AvgIpc) is 2.58. The van der Waals surface area contributed by atoms with Gasteiger partial charge in [-0.05, 0) is 31.2 Å². The molecular formula is C19H23Cl2N3. The van der Waals surface area contributed by atoms with Crippen LogP contribution in [0.25, 0.3) is 11.3 Å². The Balaban J connectivity index is 1.85. The largest absolute Gasteiger partial charge is 0.355 e. The van der Waals surface area contributed by atoms with E-state index in [0.29, 0.717) is 15.5 Å². The molecule has 0 unspecified atom stereocenters. The second-order valence-corrected chi connectivity index (χ2v) is 7.70. The Bertz CT molecular complexity index is 737. The quantitative estimate of drug-likeness (QED) is 0.692. The molecule has 1 aromatic heterocycles. The van der Waals surface area contributed by atoms with Gasteiger partial charge in [0.25, 0.3) is 0 Å². The van der Waals surface area contributed by atoms with Crippen molar-refractivity contribution in [2.45, 2.75) is 40.0 Å². The van der Waals surface area contributed by atoms with Gasteiger partial charge in [-0.2, -0.15) is 0 Å². The van der Waals surface area contributed by atoms with Crippen LogP contribution in [0.15, 0.2) is 24.4 Å². The number of rotatable bonds is 3. The van der Waals surface area contributed by atoms with E-state index >= 15 is 0 Å². The highest BCUT2D eigenvalue weighted by atomic mass is 35.5. The van der Waals surface area contributed by atoms with E-state index in [4.69, 9.17) is 28.2 Å². The molecule has 2 heterocycles. The molecule has 0 saturated carbocycles. The van der Waals surface area contributed by atoms with Crippen molar-refractivity contribution in [3.63, 3.8) is 0 Å². The number of nitrogens with zero attached hydrogens (tertiary/aromatic N) is 3. The van der Waals surface area contributed by atoms with E-state index in [1.807, 2.05) is 25.3 Å². The van der Waals surface area contributed by atoms with Gasteiger partial charge in [-0.3, -0.25) is 4.98 Å². The van der Waals surface area contributed by atoms with Gasteiger partial charge in [0.05, 0.1) is 27.6 Å². The molecule has 128 valence electrons. The number of hydrogen-bond donors (Lipinski definition) is 0. The molecule has 5 heteroatoms. The summed E-state index contributed by atoms with van der Waals surface area (Å²) >= 11 is 12.4. The Kier molecular flexibility index (Phi) is 5.03. The van der Waals surface area contributed by atoms with Gasteiger partial charge in [-0.1, -0.05) is 55.6 Å². The number of piperidine rings is 1. The van der Waals surface area contributed by atoms with Crippen molar-refractivity contribution in [1.29, 1.82) is 0 Å². The lowest BCUT2D eigenvalue weighted by Crippen LogP contribution is -2.39.